The Kier molecular flexibility index (Phi) is 14.3. The minimum atomic E-state index is -2.43. The van der Waals surface area contributed by atoms with Crippen LogP contribution in [0, 0.1) is 0 Å². The van der Waals surface area contributed by atoms with Crippen LogP contribution in [0.15, 0.2) is 0 Å². The summed E-state index contributed by atoms with van der Waals surface area (Å²) in [6.07, 6.45) is -33.7. The van der Waals surface area contributed by atoms with Gasteiger partial charge in [0.05, 0.1) is 17.9 Å². The molecule has 3 aliphatic rings. The van der Waals surface area contributed by atoms with E-state index in [4.69, 9.17) is 18.9 Å². The number of carbonyl (C=O) groups is 3. The van der Waals surface area contributed by atoms with Gasteiger partial charge in [-0.1, -0.05) is 0 Å². The summed E-state index contributed by atoms with van der Waals surface area (Å²) in [7, 11) is 0. The van der Waals surface area contributed by atoms with Crippen LogP contribution in [0.25, 0.3) is 0 Å². The monoisotopic (exact) mass is 606 g/mol. The van der Waals surface area contributed by atoms with Gasteiger partial charge in [-0.3, -0.25) is 0 Å². The molecule has 0 radical (unpaired) electrons. The van der Waals surface area contributed by atoms with Crippen LogP contribution in [0.5, 0.6) is 0 Å². The number of aliphatic hydroxyl groups is 8. The quantitative estimate of drug-likeness (QED) is 0.125. The van der Waals surface area contributed by atoms with E-state index in [1.54, 1.807) is 0 Å². The molecule has 0 aromatic heterocycles. The molecule has 3 saturated heterocycles. The Balaban J connectivity index is 0.00000380. The first-order valence-electron chi connectivity index (χ1n) is 10.5. The molecule has 21 heteroatoms. The Hall–Kier alpha value is 0.150. The molecular weight excluding hydrogens is 583 g/mol. The average Bonchev–Trinajstić information content (AvgIpc) is 2.82. The maximum absolute atomic E-state index is 11.7. The summed E-state index contributed by atoms with van der Waals surface area (Å²) in [5.74, 6) is -6.27. The maximum Gasteiger partial charge on any atom is 2.00 e. The Morgan fingerprint density at radius 2 is 0.872 bits per heavy atom. The molecule has 0 aliphatic carbocycles. The topological polar surface area (TPSA) is 328 Å². The van der Waals surface area contributed by atoms with E-state index < -0.39 is 110 Å². The van der Waals surface area contributed by atoms with Gasteiger partial charge in [-0.25, -0.2) is 0 Å². The van der Waals surface area contributed by atoms with E-state index in [1.807, 2.05) is 0 Å². The summed E-state index contributed by atoms with van der Waals surface area (Å²) < 4.78 is 24.4. The number of aliphatic hydroxyl groups excluding tert-OH is 8. The summed E-state index contributed by atoms with van der Waals surface area (Å²) in [4.78, 5) is 34.1. The first-order chi connectivity index (χ1) is 17.2. The van der Waals surface area contributed by atoms with Gasteiger partial charge in [0.2, 0.25) is 0 Å². The van der Waals surface area contributed by atoms with E-state index in [0.717, 1.165) is 0 Å². The van der Waals surface area contributed by atoms with Gasteiger partial charge in [-0.2, -0.15) is 0 Å². The number of carbonyl (C=O) groups excluding carboxylic acids is 3. The van der Waals surface area contributed by atoms with Gasteiger partial charge < -0.3 is 94.2 Å². The van der Waals surface area contributed by atoms with Gasteiger partial charge in [0.25, 0.3) is 0 Å². The number of rotatable bonds is 7. The summed E-state index contributed by atoms with van der Waals surface area (Å²) in [6, 6.07) is 0. The summed E-state index contributed by atoms with van der Waals surface area (Å²) in [5.41, 5.74) is 0. The smallest absolute Gasteiger partial charge is 0.547 e. The SMILES string of the molecule is O=C([O-])C1OC(OC2C(C(=O)[O-])OC(OC3C(C(=O)[O-])OC(O)C(O)C3O)C(O)C2O)C(O)C(O)C1O.[Ca+2].[Na+]. The zero-order chi connectivity index (χ0) is 27.9. The first kappa shape index (κ1) is 37.2. The minimum Gasteiger partial charge on any atom is -0.547 e. The summed E-state index contributed by atoms with van der Waals surface area (Å²) in [5, 5.41) is 114. The van der Waals surface area contributed by atoms with Crippen molar-refractivity contribution in [1.82, 2.24) is 0 Å². The van der Waals surface area contributed by atoms with E-state index in [1.165, 1.54) is 0 Å². The molecule has 0 aromatic carbocycles. The maximum atomic E-state index is 11.7. The van der Waals surface area contributed by atoms with E-state index in [0.29, 0.717) is 0 Å². The van der Waals surface area contributed by atoms with Crippen LogP contribution in [-0.4, -0.2) is 189 Å². The van der Waals surface area contributed by atoms with Crippen LogP contribution in [0.3, 0.4) is 0 Å². The third-order valence-corrected chi connectivity index (χ3v) is 5.96. The van der Waals surface area contributed by atoms with Gasteiger partial charge in [0.15, 0.2) is 18.9 Å². The number of carboxylic acid groups (broad SMARTS) is 3. The standard InChI is InChI=1S/C18H26O19.Ca.Na/c19-1-2(20)10(13(26)27)36-17(6(1)24)35-9-4(22)7(25)18(37-12(9)15(30)31)34-8-3(21)5(23)16(32)33-11(8)14(28)29;;/h1-12,16-25,32H,(H,26,27)(H,28,29)(H,30,31);;/q;+2;+1/p-3. The Morgan fingerprint density at radius 3 is 1.31 bits per heavy atom. The summed E-state index contributed by atoms with van der Waals surface area (Å²) in [6.45, 7) is 0. The van der Waals surface area contributed by atoms with Crippen molar-refractivity contribution in [2.45, 2.75) is 92.1 Å². The summed E-state index contributed by atoms with van der Waals surface area (Å²) >= 11 is 0. The van der Waals surface area contributed by atoms with Crippen LogP contribution in [0.4, 0.5) is 0 Å². The second kappa shape index (κ2) is 15.0. The molecular formula is C18H23CaNaO19. The second-order valence-electron chi connectivity index (χ2n) is 8.39. The number of carboxylic acids is 3. The Morgan fingerprint density at radius 1 is 0.513 bits per heavy atom. The molecule has 0 bridgehead atoms. The van der Waals surface area contributed by atoms with Crippen molar-refractivity contribution >= 4 is 55.6 Å². The molecule has 3 aliphatic heterocycles. The van der Waals surface area contributed by atoms with Crippen molar-refractivity contribution < 1.29 is 124 Å². The first-order valence-corrected chi connectivity index (χ1v) is 10.5. The zero-order valence-electron chi connectivity index (χ0n) is 19.9. The Labute approximate surface area is 269 Å². The van der Waals surface area contributed by atoms with Crippen LogP contribution in [0.2, 0.25) is 0 Å². The van der Waals surface area contributed by atoms with Crippen molar-refractivity contribution in [3.8, 4) is 0 Å². The van der Waals surface area contributed by atoms with Gasteiger partial charge in [0.1, 0.15) is 73.2 Å². The molecule has 212 valence electrons. The van der Waals surface area contributed by atoms with Crippen LogP contribution >= 0.6 is 0 Å². The van der Waals surface area contributed by atoms with Crippen molar-refractivity contribution in [3.63, 3.8) is 0 Å². The number of aliphatic carboxylic acids is 3. The normalized spacial score (nSPS) is 46.3. The fourth-order valence-corrected chi connectivity index (χ4v) is 3.95. The van der Waals surface area contributed by atoms with E-state index in [9.17, 15) is 70.6 Å². The number of hydrogen-bond donors (Lipinski definition) is 8. The number of hydrogen-bond acceptors (Lipinski definition) is 19. The predicted molar refractivity (Wildman–Crippen MR) is 101 cm³/mol. The van der Waals surface area contributed by atoms with Gasteiger partial charge in [-0.05, 0) is 0 Å². The van der Waals surface area contributed by atoms with Gasteiger partial charge in [0, 0.05) is 0 Å². The molecule has 8 N–H and O–H groups in total. The van der Waals surface area contributed by atoms with Gasteiger partial charge >= 0.3 is 67.3 Å². The molecule has 3 fully saturated rings. The molecule has 19 nitrogen and oxygen atoms in total. The van der Waals surface area contributed by atoms with E-state index >= 15 is 0 Å². The average molecular weight is 606 g/mol. The molecule has 0 saturated carbocycles. The van der Waals surface area contributed by atoms with E-state index in [2.05, 4.69) is 4.74 Å². The van der Waals surface area contributed by atoms with E-state index in [-0.39, 0.29) is 67.3 Å². The second-order valence-corrected chi connectivity index (χ2v) is 8.39. The minimum absolute atomic E-state index is 0. The largest absolute Gasteiger partial charge is 2.00 e. The molecule has 0 spiro atoms. The molecule has 3 heterocycles. The third kappa shape index (κ3) is 7.76. The molecule has 0 amide bonds. The van der Waals surface area contributed by atoms with Crippen LogP contribution in [0.1, 0.15) is 0 Å². The predicted octanol–water partition coefficient (Wildman–Crippen LogP) is -14.7. The van der Waals surface area contributed by atoms with Gasteiger partial charge in [-0.15, -0.1) is 0 Å². The number of ether oxygens (including phenoxy) is 5. The van der Waals surface area contributed by atoms with Crippen molar-refractivity contribution in [3.05, 3.63) is 0 Å². The fourth-order valence-electron chi connectivity index (χ4n) is 3.95. The Bertz CT molecular complexity index is 866. The van der Waals surface area contributed by atoms with Crippen molar-refractivity contribution in [1.29, 1.82) is 0 Å². The third-order valence-electron chi connectivity index (χ3n) is 5.96. The van der Waals surface area contributed by atoms with Crippen molar-refractivity contribution in [2.24, 2.45) is 0 Å². The molecule has 15 atom stereocenters. The van der Waals surface area contributed by atoms with Crippen molar-refractivity contribution in [2.75, 3.05) is 0 Å². The molecule has 3 rings (SSSR count). The van der Waals surface area contributed by atoms with Crippen LogP contribution < -0.4 is 44.9 Å². The molecule has 39 heavy (non-hydrogen) atoms. The molecule has 0 aromatic rings. The zero-order valence-corrected chi connectivity index (χ0v) is 24.1. The molecule has 15 unspecified atom stereocenters. The van der Waals surface area contributed by atoms with Crippen LogP contribution in [-0.2, 0) is 38.1 Å². The fraction of sp³-hybridized carbons (Fsp3) is 0.833.